The van der Waals surface area contributed by atoms with E-state index in [1.54, 1.807) is 6.92 Å². The lowest BCUT2D eigenvalue weighted by atomic mass is 9.81. The number of aryl methyl sites for hydroxylation is 1. The van der Waals surface area contributed by atoms with Crippen molar-refractivity contribution in [2.75, 3.05) is 19.8 Å². The maximum Gasteiger partial charge on any atom is 0.171 e. The Morgan fingerprint density at radius 1 is 0.970 bits per heavy atom. The fourth-order valence-corrected chi connectivity index (χ4v) is 4.52. The van der Waals surface area contributed by atoms with Gasteiger partial charge in [-0.25, -0.2) is 17.6 Å². The van der Waals surface area contributed by atoms with Crippen LogP contribution in [0.1, 0.15) is 55.2 Å². The smallest absolute Gasteiger partial charge is 0.171 e. The van der Waals surface area contributed by atoms with Crippen LogP contribution in [0.4, 0.5) is 17.6 Å². The molecule has 3 nitrogen and oxygen atoms in total. The van der Waals surface area contributed by atoms with Crippen LogP contribution < -0.4 is 4.74 Å². The van der Waals surface area contributed by atoms with E-state index in [1.807, 2.05) is 6.08 Å². The number of fused-ring (bicyclic) bond motifs is 3. The summed E-state index contributed by atoms with van der Waals surface area (Å²) in [6.07, 6.45) is -0.786. The quantitative estimate of drug-likeness (QED) is 0.312. The van der Waals surface area contributed by atoms with Crippen LogP contribution in [-0.2, 0) is 15.9 Å². The molecular weight excluding hydrogens is 436 g/mol. The number of halogens is 4. The van der Waals surface area contributed by atoms with E-state index in [0.717, 1.165) is 12.8 Å². The molecule has 0 radical (unpaired) electrons. The summed E-state index contributed by atoms with van der Waals surface area (Å²) < 4.78 is 76.7. The molecule has 0 bridgehead atoms. The normalized spacial score (nSPS) is 24.2. The molecule has 1 aliphatic heterocycles. The van der Waals surface area contributed by atoms with E-state index in [0.29, 0.717) is 25.6 Å². The first kappa shape index (κ1) is 23.8. The van der Waals surface area contributed by atoms with Gasteiger partial charge in [0.1, 0.15) is 5.82 Å². The Balaban J connectivity index is 1.53. The van der Waals surface area contributed by atoms with Gasteiger partial charge in [-0.15, -0.1) is 6.58 Å². The van der Waals surface area contributed by atoms with Crippen LogP contribution in [0.5, 0.6) is 5.75 Å². The van der Waals surface area contributed by atoms with Crippen molar-refractivity contribution in [2.24, 2.45) is 5.92 Å². The molecule has 0 N–H and O–H groups in total. The van der Waals surface area contributed by atoms with Gasteiger partial charge in [0.05, 0.1) is 19.8 Å². The first-order chi connectivity index (χ1) is 16.0. The van der Waals surface area contributed by atoms with Gasteiger partial charge >= 0.3 is 0 Å². The number of ether oxygens (including phenoxy) is 3. The molecule has 33 heavy (non-hydrogen) atoms. The Hall–Kier alpha value is -2.38. The standard InChI is InChI=1S/C26H28F4O3/c1-3-5-6-15-13-32-20(33-14-15)12-8-16-7-9-17-18-10-11-19(31-4-2)24(28)22(18)26(30)25(29)21(17)23(16)27/h3,7,9-11,15,20,25-26H,1,4-6,8,12-14H2,2H3. The lowest BCUT2D eigenvalue weighted by molar-refractivity contribution is -0.203. The van der Waals surface area contributed by atoms with Crippen LogP contribution in [0, 0.1) is 17.6 Å². The summed E-state index contributed by atoms with van der Waals surface area (Å²) >= 11 is 0. The van der Waals surface area contributed by atoms with Gasteiger partial charge in [0, 0.05) is 23.5 Å². The highest BCUT2D eigenvalue weighted by atomic mass is 19.2. The minimum atomic E-state index is -2.32. The minimum Gasteiger partial charge on any atom is -0.491 e. The molecule has 2 aromatic rings. The van der Waals surface area contributed by atoms with Crippen molar-refractivity contribution in [3.63, 3.8) is 0 Å². The van der Waals surface area contributed by atoms with E-state index >= 15 is 8.78 Å². The molecule has 1 saturated heterocycles. The molecule has 2 aliphatic rings. The fraction of sp³-hybridized carbons (Fsp3) is 0.462. The van der Waals surface area contributed by atoms with Gasteiger partial charge in [-0.2, -0.15) is 0 Å². The molecule has 1 aliphatic carbocycles. The first-order valence-corrected chi connectivity index (χ1v) is 11.3. The molecule has 178 valence electrons. The summed E-state index contributed by atoms with van der Waals surface area (Å²) in [5.41, 5.74) is -0.249. The van der Waals surface area contributed by atoms with Crippen molar-refractivity contribution in [2.45, 2.75) is 51.2 Å². The van der Waals surface area contributed by atoms with E-state index < -0.39 is 35.8 Å². The third-order valence-electron chi connectivity index (χ3n) is 6.27. The Morgan fingerprint density at radius 3 is 2.24 bits per heavy atom. The van der Waals surface area contributed by atoms with Gasteiger partial charge in [0.25, 0.3) is 0 Å². The minimum absolute atomic E-state index is 0.141. The second-order valence-electron chi connectivity index (χ2n) is 8.44. The van der Waals surface area contributed by atoms with Gasteiger partial charge in [0.2, 0.25) is 0 Å². The Bertz CT molecular complexity index is 1000. The average Bonchev–Trinajstić information content (AvgIpc) is 2.82. The SMILES string of the molecule is C=CCCC1COC(CCc2ccc3c(c2F)C(F)C(F)c2c-3ccc(OCC)c2F)OC1. The molecule has 2 unspecified atom stereocenters. The van der Waals surface area contributed by atoms with Gasteiger partial charge in [-0.1, -0.05) is 24.3 Å². The van der Waals surface area contributed by atoms with Crippen LogP contribution in [0.25, 0.3) is 11.1 Å². The number of hydrogen-bond acceptors (Lipinski definition) is 3. The average molecular weight is 464 g/mol. The molecule has 0 aromatic heterocycles. The molecule has 0 spiro atoms. The lowest BCUT2D eigenvalue weighted by Crippen LogP contribution is -2.32. The van der Waals surface area contributed by atoms with Crippen molar-refractivity contribution < 1.29 is 31.8 Å². The third-order valence-corrected chi connectivity index (χ3v) is 6.27. The van der Waals surface area contributed by atoms with E-state index in [4.69, 9.17) is 14.2 Å². The van der Waals surface area contributed by atoms with Crippen molar-refractivity contribution in [1.82, 2.24) is 0 Å². The highest BCUT2D eigenvalue weighted by molar-refractivity contribution is 5.76. The molecule has 1 fully saturated rings. The summed E-state index contributed by atoms with van der Waals surface area (Å²) in [5, 5.41) is 0. The monoisotopic (exact) mass is 464 g/mol. The molecule has 2 aromatic carbocycles. The molecule has 2 atom stereocenters. The highest BCUT2D eigenvalue weighted by Crippen LogP contribution is 2.51. The third kappa shape index (κ3) is 4.66. The maximum absolute atomic E-state index is 15.3. The largest absolute Gasteiger partial charge is 0.491 e. The second kappa shape index (κ2) is 10.3. The summed E-state index contributed by atoms with van der Waals surface area (Å²) in [7, 11) is 0. The van der Waals surface area contributed by atoms with Crippen molar-refractivity contribution in [3.05, 3.63) is 65.2 Å². The lowest BCUT2D eigenvalue weighted by Gasteiger charge is -2.30. The number of benzene rings is 2. The maximum atomic E-state index is 15.3. The molecular formula is C26H28F4O3. The van der Waals surface area contributed by atoms with Gasteiger partial charge in [-0.05, 0) is 48.9 Å². The summed E-state index contributed by atoms with van der Waals surface area (Å²) in [5.74, 6) is -1.59. The predicted molar refractivity (Wildman–Crippen MR) is 118 cm³/mol. The van der Waals surface area contributed by atoms with E-state index in [-0.39, 0.29) is 41.0 Å². The zero-order chi connectivity index (χ0) is 23.5. The second-order valence-corrected chi connectivity index (χ2v) is 8.44. The highest BCUT2D eigenvalue weighted by Gasteiger charge is 2.40. The zero-order valence-corrected chi connectivity index (χ0v) is 18.6. The number of allylic oxidation sites excluding steroid dienone is 1. The first-order valence-electron chi connectivity index (χ1n) is 11.3. The van der Waals surface area contributed by atoms with Crippen molar-refractivity contribution in [1.29, 1.82) is 0 Å². The summed E-state index contributed by atoms with van der Waals surface area (Å²) in [4.78, 5) is 0. The topological polar surface area (TPSA) is 27.7 Å². The van der Waals surface area contributed by atoms with E-state index in [9.17, 15) is 8.78 Å². The van der Waals surface area contributed by atoms with Crippen LogP contribution in [-0.4, -0.2) is 26.1 Å². The Morgan fingerprint density at radius 2 is 1.61 bits per heavy atom. The summed E-state index contributed by atoms with van der Waals surface area (Å²) in [6.45, 7) is 6.69. The van der Waals surface area contributed by atoms with Crippen LogP contribution in [0.15, 0.2) is 36.9 Å². The molecule has 4 rings (SSSR count). The van der Waals surface area contributed by atoms with E-state index in [1.165, 1.54) is 24.3 Å². The van der Waals surface area contributed by atoms with Gasteiger partial charge < -0.3 is 14.2 Å². The van der Waals surface area contributed by atoms with Crippen molar-refractivity contribution in [3.8, 4) is 16.9 Å². The van der Waals surface area contributed by atoms with Crippen molar-refractivity contribution >= 4 is 0 Å². The number of hydrogen-bond donors (Lipinski definition) is 0. The summed E-state index contributed by atoms with van der Waals surface area (Å²) in [6, 6.07) is 5.87. The molecule has 0 saturated carbocycles. The molecule has 7 heteroatoms. The molecule has 0 amide bonds. The van der Waals surface area contributed by atoms with Crippen LogP contribution in [0.3, 0.4) is 0 Å². The fourth-order valence-electron chi connectivity index (χ4n) is 4.52. The number of alkyl halides is 2. The molecule has 1 heterocycles. The van der Waals surface area contributed by atoms with Gasteiger partial charge in [-0.3, -0.25) is 0 Å². The van der Waals surface area contributed by atoms with Crippen LogP contribution >= 0.6 is 0 Å². The van der Waals surface area contributed by atoms with E-state index in [2.05, 4.69) is 6.58 Å². The Labute approximate surface area is 191 Å². The zero-order valence-electron chi connectivity index (χ0n) is 18.6. The number of rotatable bonds is 8. The van der Waals surface area contributed by atoms with Crippen LogP contribution in [0.2, 0.25) is 0 Å². The predicted octanol–water partition coefficient (Wildman–Crippen LogP) is 6.95. The Kier molecular flexibility index (Phi) is 7.39. The van der Waals surface area contributed by atoms with Gasteiger partial charge in [0.15, 0.2) is 30.2 Å².